The van der Waals surface area contributed by atoms with E-state index in [-0.39, 0.29) is 11.0 Å². The molecule has 0 amide bonds. The van der Waals surface area contributed by atoms with Crippen LogP contribution >= 0.6 is 0 Å². The Morgan fingerprint density at radius 3 is 2.63 bits per heavy atom. The standard InChI is InChI=1S/C13H19NO4S/c1-17-13-3-2-10(8-12(13)14)9-19(15,16)11-4-6-18-7-5-11/h2-3,8,11H,4-7,9,14H2,1H3. The van der Waals surface area contributed by atoms with E-state index in [4.69, 9.17) is 15.2 Å². The van der Waals surface area contributed by atoms with Crippen molar-refractivity contribution in [3.63, 3.8) is 0 Å². The molecule has 1 aromatic carbocycles. The molecule has 2 N–H and O–H groups in total. The van der Waals surface area contributed by atoms with Crippen LogP contribution in [0, 0.1) is 0 Å². The smallest absolute Gasteiger partial charge is 0.157 e. The lowest BCUT2D eigenvalue weighted by Crippen LogP contribution is -2.29. The maximum atomic E-state index is 12.3. The number of ether oxygens (including phenoxy) is 2. The van der Waals surface area contributed by atoms with E-state index >= 15 is 0 Å². The number of methoxy groups -OCH3 is 1. The molecular formula is C13H19NO4S. The van der Waals surface area contributed by atoms with Crippen molar-refractivity contribution < 1.29 is 17.9 Å². The summed E-state index contributed by atoms with van der Waals surface area (Å²) in [6.07, 6.45) is 1.15. The van der Waals surface area contributed by atoms with Crippen molar-refractivity contribution in [1.29, 1.82) is 0 Å². The van der Waals surface area contributed by atoms with Crippen LogP contribution in [0.5, 0.6) is 5.75 Å². The van der Waals surface area contributed by atoms with Gasteiger partial charge >= 0.3 is 0 Å². The number of sulfone groups is 1. The Kier molecular flexibility index (Phi) is 4.31. The summed E-state index contributed by atoms with van der Waals surface area (Å²) in [6.45, 7) is 1.04. The molecule has 0 saturated carbocycles. The molecule has 0 radical (unpaired) electrons. The lowest BCUT2D eigenvalue weighted by atomic mass is 10.2. The lowest BCUT2D eigenvalue weighted by Gasteiger charge is -2.22. The molecule has 1 aromatic rings. The van der Waals surface area contributed by atoms with Gasteiger partial charge in [0.15, 0.2) is 9.84 Å². The molecule has 0 unspecified atom stereocenters. The molecule has 0 aliphatic carbocycles. The van der Waals surface area contributed by atoms with Crippen LogP contribution in [0.15, 0.2) is 18.2 Å². The van der Waals surface area contributed by atoms with Gasteiger partial charge in [0.1, 0.15) is 5.75 Å². The zero-order valence-electron chi connectivity index (χ0n) is 11.0. The van der Waals surface area contributed by atoms with Crippen LogP contribution in [0.4, 0.5) is 5.69 Å². The van der Waals surface area contributed by atoms with Crippen molar-refractivity contribution >= 4 is 15.5 Å². The van der Waals surface area contributed by atoms with Gasteiger partial charge in [-0.05, 0) is 30.5 Å². The fraction of sp³-hybridized carbons (Fsp3) is 0.538. The summed E-state index contributed by atoms with van der Waals surface area (Å²) in [6, 6.07) is 5.10. The first-order chi connectivity index (χ1) is 9.03. The summed E-state index contributed by atoms with van der Waals surface area (Å²) < 4.78 is 34.8. The van der Waals surface area contributed by atoms with Crippen LogP contribution in [0.2, 0.25) is 0 Å². The lowest BCUT2D eigenvalue weighted by molar-refractivity contribution is 0.0983. The second-order valence-electron chi connectivity index (χ2n) is 4.70. The predicted molar refractivity (Wildman–Crippen MR) is 73.9 cm³/mol. The van der Waals surface area contributed by atoms with E-state index in [1.54, 1.807) is 18.2 Å². The Balaban J connectivity index is 2.13. The molecule has 5 nitrogen and oxygen atoms in total. The molecule has 0 bridgehead atoms. The van der Waals surface area contributed by atoms with Gasteiger partial charge in [0, 0.05) is 13.2 Å². The summed E-state index contributed by atoms with van der Waals surface area (Å²) in [5.74, 6) is 0.582. The summed E-state index contributed by atoms with van der Waals surface area (Å²) in [7, 11) is -1.62. The number of rotatable bonds is 4. The van der Waals surface area contributed by atoms with Crippen LogP contribution in [-0.4, -0.2) is 34.0 Å². The van der Waals surface area contributed by atoms with Crippen molar-refractivity contribution in [2.75, 3.05) is 26.1 Å². The highest BCUT2D eigenvalue weighted by molar-refractivity contribution is 7.91. The highest BCUT2D eigenvalue weighted by atomic mass is 32.2. The second-order valence-corrected chi connectivity index (χ2v) is 6.98. The molecule has 1 aliphatic heterocycles. The highest BCUT2D eigenvalue weighted by Crippen LogP contribution is 2.25. The Bertz CT molecular complexity index is 536. The molecule has 2 rings (SSSR count). The Labute approximate surface area is 113 Å². The largest absolute Gasteiger partial charge is 0.495 e. The number of anilines is 1. The van der Waals surface area contributed by atoms with Crippen molar-refractivity contribution in [3.05, 3.63) is 23.8 Å². The molecule has 0 spiro atoms. The van der Waals surface area contributed by atoms with E-state index in [0.29, 0.717) is 43.1 Å². The quantitative estimate of drug-likeness (QED) is 0.845. The molecule has 1 heterocycles. The normalized spacial score (nSPS) is 17.3. The number of benzene rings is 1. The maximum Gasteiger partial charge on any atom is 0.157 e. The van der Waals surface area contributed by atoms with Gasteiger partial charge in [-0.15, -0.1) is 0 Å². The van der Waals surface area contributed by atoms with Crippen molar-refractivity contribution in [1.82, 2.24) is 0 Å². The van der Waals surface area contributed by atoms with Gasteiger partial charge in [0.05, 0.1) is 23.8 Å². The van der Waals surface area contributed by atoms with E-state index in [0.717, 1.165) is 0 Å². The average molecular weight is 285 g/mol. The summed E-state index contributed by atoms with van der Waals surface area (Å²) in [5.41, 5.74) is 6.95. The van der Waals surface area contributed by atoms with Crippen LogP contribution < -0.4 is 10.5 Å². The number of nitrogens with two attached hydrogens (primary N) is 1. The minimum Gasteiger partial charge on any atom is -0.495 e. The average Bonchev–Trinajstić information content (AvgIpc) is 2.39. The fourth-order valence-electron chi connectivity index (χ4n) is 2.26. The maximum absolute atomic E-state index is 12.3. The van der Waals surface area contributed by atoms with Gasteiger partial charge in [-0.1, -0.05) is 6.07 Å². The molecule has 6 heteroatoms. The number of hydrogen-bond acceptors (Lipinski definition) is 5. The van der Waals surface area contributed by atoms with Gasteiger partial charge < -0.3 is 15.2 Å². The van der Waals surface area contributed by atoms with Crippen LogP contribution in [0.3, 0.4) is 0 Å². The van der Waals surface area contributed by atoms with Crippen LogP contribution in [0.25, 0.3) is 0 Å². The van der Waals surface area contributed by atoms with E-state index in [9.17, 15) is 8.42 Å². The first-order valence-corrected chi connectivity index (χ1v) is 7.96. The van der Waals surface area contributed by atoms with Gasteiger partial charge in [-0.25, -0.2) is 8.42 Å². The van der Waals surface area contributed by atoms with Crippen LogP contribution in [0.1, 0.15) is 18.4 Å². The Morgan fingerprint density at radius 1 is 1.37 bits per heavy atom. The fourth-order valence-corrected chi connectivity index (χ4v) is 4.05. The third-order valence-electron chi connectivity index (χ3n) is 3.34. The molecule has 1 saturated heterocycles. The van der Waals surface area contributed by atoms with E-state index in [1.165, 1.54) is 7.11 Å². The highest BCUT2D eigenvalue weighted by Gasteiger charge is 2.27. The van der Waals surface area contributed by atoms with Gasteiger partial charge in [0.25, 0.3) is 0 Å². The Morgan fingerprint density at radius 2 is 2.05 bits per heavy atom. The first-order valence-electron chi connectivity index (χ1n) is 6.24. The van der Waals surface area contributed by atoms with E-state index in [1.807, 2.05) is 0 Å². The van der Waals surface area contributed by atoms with Crippen molar-refractivity contribution in [3.8, 4) is 5.75 Å². The second kappa shape index (κ2) is 5.79. The molecule has 1 fully saturated rings. The Hall–Kier alpha value is -1.27. The monoisotopic (exact) mass is 285 g/mol. The summed E-state index contributed by atoms with van der Waals surface area (Å²) >= 11 is 0. The molecule has 106 valence electrons. The zero-order chi connectivity index (χ0) is 13.9. The van der Waals surface area contributed by atoms with Crippen LogP contribution in [-0.2, 0) is 20.3 Å². The zero-order valence-corrected chi connectivity index (χ0v) is 11.8. The van der Waals surface area contributed by atoms with Crippen molar-refractivity contribution in [2.24, 2.45) is 0 Å². The topological polar surface area (TPSA) is 78.6 Å². The minimum atomic E-state index is -3.15. The van der Waals surface area contributed by atoms with Gasteiger partial charge in [-0.2, -0.15) is 0 Å². The molecule has 0 atom stereocenters. The minimum absolute atomic E-state index is 0.0197. The molecule has 19 heavy (non-hydrogen) atoms. The number of nitrogen functional groups attached to an aromatic ring is 1. The predicted octanol–water partition coefficient (Wildman–Crippen LogP) is 1.37. The van der Waals surface area contributed by atoms with Gasteiger partial charge in [0.2, 0.25) is 0 Å². The van der Waals surface area contributed by atoms with E-state index in [2.05, 4.69) is 0 Å². The summed E-state index contributed by atoms with van der Waals surface area (Å²) in [5, 5.41) is -0.301. The first kappa shape index (κ1) is 14.1. The third kappa shape index (κ3) is 3.39. The number of hydrogen-bond donors (Lipinski definition) is 1. The summed E-state index contributed by atoms with van der Waals surface area (Å²) in [4.78, 5) is 0. The molecule has 1 aliphatic rings. The molecular weight excluding hydrogens is 266 g/mol. The van der Waals surface area contributed by atoms with Gasteiger partial charge in [-0.3, -0.25) is 0 Å². The SMILES string of the molecule is COc1ccc(CS(=O)(=O)C2CCOCC2)cc1N. The molecule has 0 aromatic heterocycles. The third-order valence-corrected chi connectivity index (χ3v) is 5.56. The van der Waals surface area contributed by atoms with Crippen molar-refractivity contribution in [2.45, 2.75) is 23.8 Å². The van der Waals surface area contributed by atoms with E-state index < -0.39 is 9.84 Å².